The summed E-state index contributed by atoms with van der Waals surface area (Å²) in [6.45, 7) is 5.20. The second-order valence-corrected chi connectivity index (χ2v) is 8.78. The van der Waals surface area contributed by atoms with Gasteiger partial charge in [0.15, 0.2) is 0 Å². The molecule has 0 amide bonds. The summed E-state index contributed by atoms with van der Waals surface area (Å²) in [5.41, 5.74) is 2.72. The van der Waals surface area contributed by atoms with Crippen molar-refractivity contribution in [1.29, 1.82) is 5.26 Å². The quantitative estimate of drug-likeness (QED) is 0.595. The number of nitrogens with zero attached hydrogens (tertiary/aromatic N) is 2. The van der Waals surface area contributed by atoms with Crippen molar-refractivity contribution in [2.75, 3.05) is 26.7 Å². The SMILES string of the molecule is CC/C=C(/C(C#N)=C1/NCCC(C2CCNCC2)N1C)c1ccc(Oc2ccccc2)cc1. The Morgan fingerprint density at radius 2 is 1.73 bits per heavy atom. The molecule has 172 valence electrons. The average molecular weight is 443 g/mol. The van der Waals surface area contributed by atoms with Gasteiger partial charge in [0.05, 0.1) is 5.57 Å². The number of para-hydroxylation sites is 1. The molecule has 4 rings (SSSR count). The fourth-order valence-electron chi connectivity index (χ4n) is 5.00. The van der Waals surface area contributed by atoms with Crippen molar-refractivity contribution in [3.05, 3.63) is 77.6 Å². The van der Waals surface area contributed by atoms with Crippen LogP contribution < -0.4 is 15.4 Å². The summed E-state index contributed by atoms with van der Waals surface area (Å²) in [5.74, 6) is 3.22. The smallest absolute Gasteiger partial charge is 0.127 e. The van der Waals surface area contributed by atoms with Crippen LogP contribution in [-0.2, 0) is 0 Å². The maximum atomic E-state index is 10.3. The first kappa shape index (κ1) is 22.9. The van der Waals surface area contributed by atoms with E-state index in [-0.39, 0.29) is 0 Å². The highest BCUT2D eigenvalue weighted by Crippen LogP contribution is 2.33. The van der Waals surface area contributed by atoms with Gasteiger partial charge in [0.2, 0.25) is 0 Å². The minimum atomic E-state index is 0.469. The van der Waals surface area contributed by atoms with Gasteiger partial charge in [0.1, 0.15) is 23.4 Å². The van der Waals surface area contributed by atoms with E-state index >= 15 is 0 Å². The average Bonchev–Trinajstić information content (AvgIpc) is 2.86. The molecule has 2 aromatic carbocycles. The topological polar surface area (TPSA) is 60.3 Å². The molecule has 0 spiro atoms. The Hall–Kier alpha value is -3.23. The van der Waals surface area contributed by atoms with Crippen LogP contribution in [0.25, 0.3) is 5.57 Å². The molecule has 0 aromatic heterocycles. The van der Waals surface area contributed by atoms with Crippen LogP contribution in [-0.4, -0.2) is 37.6 Å². The van der Waals surface area contributed by atoms with E-state index in [1.165, 1.54) is 12.8 Å². The molecule has 2 N–H and O–H groups in total. The number of rotatable bonds is 6. The van der Waals surface area contributed by atoms with Crippen LogP contribution >= 0.6 is 0 Å². The van der Waals surface area contributed by atoms with E-state index in [2.05, 4.69) is 41.7 Å². The molecular formula is C28H34N4O. The monoisotopic (exact) mass is 442 g/mol. The molecule has 5 heteroatoms. The molecule has 0 saturated carbocycles. The van der Waals surface area contributed by atoms with Crippen LogP contribution in [0.5, 0.6) is 11.5 Å². The van der Waals surface area contributed by atoms with E-state index < -0.39 is 0 Å². The van der Waals surface area contributed by atoms with Gasteiger partial charge in [-0.2, -0.15) is 5.26 Å². The molecule has 1 atom stereocenters. The molecule has 33 heavy (non-hydrogen) atoms. The summed E-state index contributed by atoms with van der Waals surface area (Å²) in [5, 5.41) is 17.3. The van der Waals surface area contributed by atoms with Gasteiger partial charge in [-0.15, -0.1) is 0 Å². The van der Waals surface area contributed by atoms with Crippen LogP contribution in [0.1, 0.15) is 38.2 Å². The van der Waals surface area contributed by atoms with Crippen molar-refractivity contribution in [3.63, 3.8) is 0 Å². The molecule has 0 radical (unpaired) electrons. The summed E-state index contributed by atoms with van der Waals surface area (Å²) in [7, 11) is 2.14. The first-order chi connectivity index (χ1) is 16.2. The fraction of sp³-hybridized carbons (Fsp3) is 0.393. The van der Waals surface area contributed by atoms with Crippen molar-refractivity contribution in [2.24, 2.45) is 5.92 Å². The van der Waals surface area contributed by atoms with Gasteiger partial charge in [0, 0.05) is 19.6 Å². The molecule has 5 nitrogen and oxygen atoms in total. The highest BCUT2D eigenvalue weighted by atomic mass is 16.5. The Balaban J connectivity index is 1.60. The van der Waals surface area contributed by atoms with E-state index in [0.29, 0.717) is 12.0 Å². The molecule has 1 unspecified atom stereocenters. The van der Waals surface area contributed by atoms with E-state index in [4.69, 9.17) is 4.74 Å². The first-order valence-electron chi connectivity index (χ1n) is 12.1. The molecular weight excluding hydrogens is 408 g/mol. The van der Waals surface area contributed by atoms with Gasteiger partial charge in [-0.3, -0.25) is 0 Å². The summed E-state index contributed by atoms with van der Waals surface area (Å²) < 4.78 is 5.95. The number of nitriles is 1. The minimum Gasteiger partial charge on any atom is -0.457 e. The number of ether oxygens (including phenoxy) is 1. The Morgan fingerprint density at radius 3 is 2.39 bits per heavy atom. The largest absolute Gasteiger partial charge is 0.457 e. The van der Waals surface area contributed by atoms with Gasteiger partial charge in [-0.1, -0.05) is 43.3 Å². The van der Waals surface area contributed by atoms with Crippen molar-refractivity contribution in [3.8, 4) is 17.6 Å². The first-order valence-corrected chi connectivity index (χ1v) is 12.1. The second kappa shape index (κ2) is 11.1. The lowest BCUT2D eigenvalue weighted by molar-refractivity contribution is 0.141. The van der Waals surface area contributed by atoms with Gasteiger partial charge in [-0.05, 0) is 80.1 Å². The summed E-state index contributed by atoms with van der Waals surface area (Å²) in [6, 6.07) is 20.8. The van der Waals surface area contributed by atoms with Crippen molar-refractivity contribution in [2.45, 2.75) is 38.6 Å². The molecule has 0 bridgehead atoms. The van der Waals surface area contributed by atoms with E-state index in [0.717, 1.165) is 66.5 Å². The van der Waals surface area contributed by atoms with Gasteiger partial charge >= 0.3 is 0 Å². The lowest BCUT2D eigenvalue weighted by atomic mass is 9.86. The fourth-order valence-corrected chi connectivity index (χ4v) is 5.00. The maximum absolute atomic E-state index is 10.3. The number of allylic oxidation sites excluding steroid dienone is 3. The Labute approximate surface area is 197 Å². The summed E-state index contributed by atoms with van der Waals surface area (Å²) in [6.07, 6.45) is 6.52. The Kier molecular flexibility index (Phi) is 7.70. The lowest BCUT2D eigenvalue weighted by Crippen LogP contribution is -2.50. The summed E-state index contributed by atoms with van der Waals surface area (Å²) >= 11 is 0. The number of benzene rings is 2. The van der Waals surface area contributed by atoms with Crippen LogP contribution in [0.4, 0.5) is 0 Å². The zero-order chi connectivity index (χ0) is 23.0. The van der Waals surface area contributed by atoms with Crippen LogP contribution in [0.15, 0.2) is 72.1 Å². The standard InChI is InChI=1S/C28H34N4O/c1-3-7-25(21-10-12-24(13-11-21)33-23-8-5-4-6-9-23)26(20-29)28-31-19-16-27(32(28)2)22-14-17-30-18-15-22/h4-13,22,27,30-31H,3,14-19H2,1-2H3/b25-7+,28-26-. The molecule has 2 fully saturated rings. The summed E-state index contributed by atoms with van der Waals surface area (Å²) in [4.78, 5) is 2.33. The second-order valence-electron chi connectivity index (χ2n) is 8.78. The zero-order valence-electron chi connectivity index (χ0n) is 19.7. The molecule has 2 aliphatic heterocycles. The molecule has 2 aliphatic rings. The molecule has 2 heterocycles. The number of hydrogen-bond acceptors (Lipinski definition) is 5. The number of piperidine rings is 1. The predicted octanol–water partition coefficient (Wildman–Crippen LogP) is 5.30. The third kappa shape index (κ3) is 5.40. The lowest BCUT2D eigenvalue weighted by Gasteiger charge is -2.43. The minimum absolute atomic E-state index is 0.469. The van der Waals surface area contributed by atoms with E-state index in [9.17, 15) is 5.26 Å². The van der Waals surface area contributed by atoms with Gasteiger partial charge in [0.25, 0.3) is 0 Å². The van der Waals surface area contributed by atoms with Crippen LogP contribution in [0, 0.1) is 17.2 Å². The van der Waals surface area contributed by atoms with E-state index in [1.807, 2.05) is 54.6 Å². The third-order valence-electron chi connectivity index (χ3n) is 6.68. The van der Waals surface area contributed by atoms with Crippen molar-refractivity contribution >= 4 is 5.57 Å². The van der Waals surface area contributed by atoms with Gasteiger partial charge < -0.3 is 20.3 Å². The molecule has 0 aliphatic carbocycles. The zero-order valence-corrected chi connectivity index (χ0v) is 19.7. The highest BCUT2D eigenvalue weighted by Gasteiger charge is 2.32. The highest BCUT2D eigenvalue weighted by molar-refractivity contribution is 5.83. The maximum Gasteiger partial charge on any atom is 0.127 e. The molecule has 2 saturated heterocycles. The van der Waals surface area contributed by atoms with Crippen LogP contribution in [0.2, 0.25) is 0 Å². The Bertz CT molecular complexity index is 1010. The van der Waals surface area contributed by atoms with Gasteiger partial charge in [-0.25, -0.2) is 0 Å². The van der Waals surface area contributed by atoms with Crippen LogP contribution in [0.3, 0.4) is 0 Å². The molecule has 2 aromatic rings. The van der Waals surface area contributed by atoms with Crippen molar-refractivity contribution < 1.29 is 4.74 Å². The Morgan fingerprint density at radius 1 is 1.03 bits per heavy atom. The number of hydrogen-bond donors (Lipinski definition) is 2. The van der Waals surface area contributed by atoms with Crippen molar-refractivity contribution in [1.82, 2.24) is 15.5 Å². The number of nitrogens with one attached hydrogen (secondary N) is 2. The normalized spacial score (nSPS) is 21.2. The predicted molar refractivity (Wildman–Crippen MR) is 134 cm³/mol. The third-order valence-corrected chi connectivity index (χ3v) is 6.68. The van der Waals surface area contributed by atoms with E-state index in [1.54, 1.807) is 0 Å².